The maximum Gasteiger partial charge on any atom is 0.317 e. The number of likely N-dealkylation sites (N-methyl/N-ethyl adjacent to an activating group) is 1. The molecule has 5 heteroatoms. The van der Waals surface area contributed by atoms with Gasteiger partial charge < -0.3 is 20.2 Å². The van der Waals surface area contributed by atoms with Crippen LogP contribution in [0.4, 0.5) is 4.79 Å². The minimum absolute atomic E-state index is 0.0369. The Labute approximate surface area is 141 Å². The highest BCUT2D eigenvalue weighted by atomic mass is 16.3. The Morgan fingerprint density at radius 1 is 1.39 bits per heavy atom. The molecule has 0 radical (unpaired) electrons. The molecule has 1 aliphatic heterocycles. The molecule has 23 heavy (non-hydrogen) atoms. The van der Waals surface area contributed by atoms with Crippen molar-refractivity contribution in [3.63, 3.8) is 0 Å². The molecule has 2 amide bonds. The predicted molar refractivity (Wildman–Crippen MR) is 93.4 cm³/mol. The molecule has 1 saturated carbocycles. The van der Waals surface area contributed by atoms with Gasteiger partial charge in [0.1, 0.15) is 0 Å². The molecule has 2 rings (SSSR count). The van der Waals surface area contributed by atoms with Crippen molar-refractivity contribution in [2.24, 2.45) is 11.8 Å². The highest BCUT2D eigenvalue weighted by Gasteiger charge is 2.37. The number of hydrogen-bond acceptors (Lipinski definition) is 3. The molecule has 1 saturated heterocycles. The van der Waals surface area contributed by atoms with Crippen LogP contribution in [0.2, 0.25) is 0 Å². The maximum absolute atomic E-state index is 12.6. The predicted octanol–water partition coefficient (Wildman–Crippen LogP) is 2.30. The highest BCUT2D eigenvalue weighted by molar-refractivity contribution is 5.74. The van der Waals surface area contributed by atoms with Gasteiger partial charge in [-0.2, -0.15) is 0 Å². The molecule has 2 N–H and O–H groups in total. The Balaban J connectivity index is 1.91. The molecule has 0 aromatic heterocycles. The highest BCUT2D eigenvalue weighted by Crippen LogP contribution is 2.35. The minimum atomic E-state index is -0.335. The fraction of sp³-hybridized carbons (Fsp3) is 0.944. The van der Waals surface area contributed by atoms with E-state index in [9.17, 15) is 9.90 Å². The number of nitrogens with one attached hydrogen (secondary N) is 1. The molecule has 134 valence electrons. The Morgan fingerprint density at radius 3 is 2.74 bits per heavy atom. The molecule has 2 fully saturated rings. The summed E-state index contributed by atoms with van der Waals surface area (Å²) in [7, 11) is 4.27. The van der Waals surface area contributed by atoms with Crippen molar-refractivity contribution in [2.75, 3.05) is 33.7 Å². The largest absolute Gasteiger partial charge is 0.393 e. The summed E-state index contributed by atoms with van der Waals surface area (Å²) in [5.41, 5.74) is 0.0901. The average molecular weight is 325 g/mol. The molecule has 4 unspecified atom stereocenters. The van der Waals surface area contributed by atoms with Gasteiger partial charge >= 0.3 is 6.03 Å². The summed E-state index contributed by atoms with van der Waals surface area (Å²) in [4.78, 5) is 16.8. The van der Waals surface area contributed by atoms with Crippen LogP contribution in [0, 0.1) is 11.8 Å². The lowest BCUT2D eigenvalue weighted by Crippen LogP contribution is -2.57. The zero-order valence-corrected chi connectivity index (χ0v) is 15.3. The molecule has 4 atom stereocenters. The molecule has 2 aliphatic rings. The Kier molecular flexibility index (Phi) is 6.32. The molecular formula is C18H35N3O2. The monoisotopic (exact) mass is 325 g/mol. The minimum Gasteiger partial charge on any atom is -0.393 e. The lowest BCUT2D eigenvalue weighted by molar-refractivity contribution is 0.0636. The maximum atomic E-state index is 12.6. The second-order valence-electron chi connectivity index (χ2n) is 8.07. The second kappa shape index (κ2) is 7.84. The van der Waals surface area contributed by atoms with Crippen molar-refractivity contribution >= 4 is 6.03 Å². The SMILES string of the molecule is CC1CCCC(CNC(=O)N2CCCC(C(C)O)C2)(N(C)C)C1. The van der Waals surface area contributed by atoms with Gasteiger partial charge in [0.2, 0.25) is 0 Å². The second-order valence-corrected chi connectivity index (χ2v) is 8.07. The van der Waals surface area contributed by atoms with E-state index < -0.39 is 0 Å². The number of likely N-dealkylation sites (tertiary alicyclic amines) is 1. The fourth-order valence-electron chi connectivity index (χ4n) is 4.30. The van der Waals surface area contributed by atoms with E-state index in [1.54, 1.807) is 0 Å². The fourth-order valence-corrected chi connectivity index (χ4v) is 4.30. The molecule has 1 aliphatic carbocycles. The van der Waals surface area contributed by atoms with Crippen molar-refractivity contribution in [3.8, 4) is 0 Å². The van der Waals surface area contributed by atoms with Crippen molar-refractivity contribution in [1.29, 1.82) is 0 Å². The molecule has 0 aromatic carbocycles. The third-order valence-electron chi connectivity index (χ3n) is 6.01. The van der Waals surface area contributed by atoms with Gasteiger partial charge in [-0.15, -0.1) is 0 Å². The summed E-state index contributed by atoms with van der Waals surface area (Å²) >= 11 is 0. The number of carbonyl (C=O) groups is 1. The van der Waals surface area contributed by atoms with E-state index in [-0.39, 0.29) is 23.6 Å². The van der Waals surface area contributed by atoms with Crippen LogP contribution in [0.5, 0.6) is 0 Å². The molecular weight excluding hydrogens is 290 g/mol. The summed E-state index contributed by atoms with van der Waals surface area (Å²) in [6, 6.07) is 0.0369. The third-order valence-corrected chi connectivity index (χ3v) is 6.01. The first-order valence-electron chi connectivity index (χ1n) is 9.22. The quantitative estimate of drug-likeness (QED) is 0.834. The van der Waals surface area contributed by atoms with E-state index in [4.69, 9.17) is 0 Å². The first-order valence-corrected chi connectivity index (χ1v) is 9.22. The average Bonchev–Trinajstić information content (AvgIpc) is 2.52. The summed E-state index contributed by atoms with van der Waals surface area (Å²) in [5, 5.41) is 13.0. The van der Waals surface area contributed by atoms with Gasteiger partial charge in [-0.25, -0.2) is 4.79 Å². The van der Waals surface area contributed by atoms with Gasteiger partial charge in [-0.1, -0.05) is 19.8 Å². The normalized spacial score (nSPS) is 33.6. The van der Waals surface area contributed by atoms with E-state index in [1.807, 2.05) is 11.8 Å². The molecule has 1 heterocycles. The van der Waals surface area contributed by atoms with E-state index in [0.29, 0.717) is 6.54 Å². The number of hydrogen-bond donors (Lipinski definition) is 2. The smallest absolute Gasteiger partial charge is 0.317 e. The lowest BCUT2D eigenvalue weighted by Gasteiger charge is -2.45. The Morgan fingerprint density at radius 2 is 2.13 bits per heavy atom. The van der Waals surface area contributed by atoms with Crippen LogP contribution >= 0.6 is 0 Å². The summed E-state index contributed by atoms with van der Waals surface area (Å²) in [6.45, 7) is 6.35. The van der Waals surface area contributed by atoms with Gasteiger partial charge in [0.25, 0.3) is 0 Å². The number of piperidine rings is 1. The van der Waals surface area contributed by atoms with Crippen LogP contribution in [0.15, 0.2) is 0 Å². The van der Waals surface area contributed by atoms with E-state index >= 15 is 0 Å². The summed E-state index contributed by atoms with van der Waals surface area (Å²) in [5.74, 6) is 0.935. The van der Waals surface area contributed by atoms with E-state index in [0.717, 1.165) is 44.7 Å². The van der Waals surface area contributed by atoms with Crippen LogP contribution < -0.4 is 5.32 Å². The molecule has 0 spiro atoms. The standard InChI is InChI=1S/C18H35N3O2/c1-14-7-5-9-18(11-14,20(3)4)13-19-17(23)21-10-6-8-16(12-21)15(2)22/h14-16,22H,5-13H2,1-4H3,(H,19,23). The van der Waals surface area contributed by atoms with Gasteiger partial charge in [0.05, 0.1) is 6.10 Å². The first kappa shape index (κ1) is 18.5. The molecule has 0 aromatic rings. The van der Waals surface area contributed by atoms with Crippen LogP contribution in [-0.2, 0) is 0 Å². The van der Waals surface area contributed by atoms with E-state index in [2.05, 4.69) is 31.2 Å². The van der Waals surface area contributed by atoms with Crippen molar-refractivity contribution in [3.05, 3.63) is 0 Å². The van der Waals surface area contributed by atoms with Crippen LogP contribution in [-0.4, -0.2) is 66.3 Å². The number of urea groups is 1. The van der Waals surface area contributed by atoms with Crippen LogP contribution in [0.25, 0.3) is 0 Å². The van der Waals surface area contributed by atoms with Gasteiger partial charge in [-0.3, -0.25) is 0 Å². The first-order chi connectivity index (χ1) is 10.8. The number of rotatable bonds is 4. The number of carbonyl (C=O) groups excluding carboxylic acids is 1. The zero-order chi connectivity index (χ0) is 17.0. The number of aliphatic hydroxyl groups excluding tert-OH is 1. The Hall–Kier alpha value is -0.810. The third kappa shape index (κ3) is 4.60. The summed E-state index contributed by atoms with van der Waals surface area (Å²) < 4.78 is 0. The topological polar surface area (TPSA) is 55.8 Å². The van der Waals surface area contributed by atoms with Gasteiger partial charge in [-0.05, 0) is 52.6 Å². The Bertz CT molecular complexity index is 400. The molecule has 5 nitrogen and oxygen atoms in total. The zero-order valence-electron chi connectivity index (χ0n) is 15.3. The van der Waals surface area contributed by atoms with Crippen molar-refractivity contribution in [1.82, 2.24) is 15.1 Å². The van der Waals surface area contributed by atoms with Crippen molar-refractivity contribution < 1.29 is 9.90 Å². The van der Waals surface area contributed by atoms with Gasteiger partial charge in [0, 0.05) is 31.1 Å². The number of amides is 2. The van der Waals surface area contributed by atoms with Gasteiger partial charge in [0.15, 0.2) is 0 Å². The van der Waals surface area contributed by atoms with E-state index in [1.165, 1.54) is 12.8 Å². The number of nitrogens with zero attached hydrogens (tertiary/aromatic N) is 2. The summed E-state index contributed by atoms with van der Waals surface area (Å²) in [6.07, 6.45) is 6.50. The molecule has 0 bridgehead atoms. The van der Waals surface area contributed by atoms with Crippen LogP contribution in [0.3, 0.4) is 0 Å². The van der Waals surface area contributed by atoms with Crippen molar-refractivity contribution in [2.45, 2.75) is 64.0 Å². The lowest BCUT2D eigenvalue weighted by atomic mass is 9.75. The number of aliphatic hydroxyl groups is 1. The van der Waals surface area contributed by atoms with Crippen LogP contribution in [0.1, 0.15) is 52.4 Å².